The van der Waals surface area contributed by atoms with E-state index in [1.54, 1.807) is 72.8 Å². The van der Waals surface area contributed by atoms with Crippen LogP contribution in [0.5, 0.6) is 11.5 Å². The highest BCUT2D eigenvalue weighted by molar-refractivity contribution is 6.32. The van der Waals surface area contributed by atoms with Crippen LogP contribution in [0, 0.1) is 0 Å². The van der Waals surface area contributed by atoms with E-state index < -0.39 is 11.9 Å². The molecule has 0 saturated carbocycles. The van der Waals surface area contributed by atoms with E-state index in [-0.39, 0.29) is 11.1 Å². The molecular formula is C76H50O8. The van der Waals surface area contributed by atoms with E-state index in [1.807, 2.05) is 60.7 Å². The first-order valence-corrected chi connectivity index (χ1v) is 27.1. The SMILES string of the molecule is O=COc1ccc(/C=C/c2ccc(-c3cc(-c4ccc(/C=C/c5ccc(C(=O)O)cc5)cc4)c4ccc5c(-c6ccc(/C=C/c7ccc(C(=O)O)cc7)cc6)cc(-c6ccc(/C=C/c7ccc(OC=O)cc7)cc6)c6ccc3c4c65)cc2)cc1. The van der Waals surface area contributed by atoms with Gasteiger partial charge in [-0.1, -0.05) is 218 Å². The van der Waals surface area contributed by atoms with E-state index in [0.29, 0.717) is 24.4 Å². The lowest BCUT2D eigenvalue weighted by molar-refractivity contribution is -0.121. The van der Waals surface area contributed by atoms with Crippen molar-refractivity contribution < 1.29 is 38.9 Å². The van der Waals surface area contributed by atoms with Crippen LogP contribution in [0.1, 0.15) is 65.2 Å². The second-order valence-electron chi connectivity index (χ2n) is 20.3. The molecule has 0 bridgehead atoms. The minimum atomic E-state index is -0.959. The minimum Gasteiger partial charge on any atom is -0.478 e. The first-order valence-electron chi connectivity index (χ1n) is 27.1. The molecular weight excluding hydrogens is 1040 g/mol. The number of carbonyl (C=O) groups is 4. The molecule has 0 amide bonds. The molecule has 0 aliphatic heterocycles. The van der Waals surface area contributed by atoms with Crippen LogP contribution in [-0.4, -0.2) is 35.1 Å². The topological polar surface area (TPSA) is 127 Å². The number of ether oxygens (including phenoxy) is 2. The molecule has 0 heterocycles. The number of hydrogen-bond acceptors (Lipinski definition) is 6. The van der Waals surface area contributed by atoms with Crippen molar-refractivity contribution >= 4 is 106 Å². The van der Waals surface area contributed by atoms with E-state index in [1.165, 1.54) is 0 Å². The largest absolute Gasteiger partial charge is 0.478 e. The quantitative estimate of drug-likeness (QED) is 0.0494. The predicted molar refractivity (Wildman–Crippen MR) is 341 cm³/mol. The average molecular weight is 1090 g/mol. The molecule has 0 atom stereocenters. The van der Waals surface area contributed by atoms with Gasteiger partial charge in [0.1, 0.15) is 11.5 Å². The van der Waals surface area contributed by atoms with Crippen molar-refractivity contribution in [3.63, 3.8) is 0 Å². The van der Waals surface area contributed by atoms with Crippen LogP contribution in [0.4, 0.5) is 0 Å². The predicted octanol–water partition coefficient (Wildman–Crippen LogP) is 18.4. The van der Waals surface area contributed by atoms with Gasteiger partial charge >= 0.3 is 11.9 Å². The van der Waals surface area contributed by atoms with Crippen molar-refractivity contribution in [2.24, 2.45) is 0 Å². The van der Waals surface area contributed by atoms with Gasteiger partial charge in [-0.3, -0.25) is 9.59 Å². The van der Waals surface area contributed by atoms with E-state index >= 15 is 0 Å². The Labute approximate surface area is 484 Å². The first-order chi connectivity index (χ1) is 41.1. The van der Waals surface area contributed by atoms with Crippen LogP contribution in [0.3, 0.4) is 0 Å². The smallest absolute Gasteiger partial charge is 0.335 e. The van der Waals surface area contributed by atoms with Crippen LogP contribution in [-0.2, 0) is 9.59 Å². The van der Waals surface area contributed by atoms with E-state index in [9.17, 15) is 29.4 Å². The summed E-state index contributed by atoms with van der Waals surface area (Å²) < 4.78 is 9.98. The van der Waals surface area contributed by atoms with Crippen molar-refractivity contribution in [2.75, 3.05) is 0 Å². The molecule has 0 radical (unpaired) electrons. The van der Waals surface area contributed by atoms with Crippen molar-refractivity contribution in [1.29, 1.82) is 0 Å². The van der Waals surface area contributed by atoms with Gasteiger partial charge in [0.15, 0.2) is 0 Å². The van der Waals surface area contributed by atoms with Crippen LogP contribution in [0.25, 0.3) is 125 Å². The Kier molecular flexibility index (Phi) is 15.0. The lowest BCUT2D eigenvalue weighted by atomic mass is 9.81. The molecule has 84 heavy (non-hydrogen) atoms. The van der Waals surface area contributed by atoms with Gasteiger partial charge in [-0.25, -0.2) is 9.59 Å². The number of aromatic carboxylic acids is 2. The normalized spacial score (nSPS) is 11.7. The fourth-order valence-electron chi connectivity index (χ4n) is 10.7. The number of rotatable bonds is 18. The highest BCUT2D eigenvalue weighted by Crippen LogP contribution is 2.49. The summed E-state index contributed by atoms with van der Waals surface area (Å²) >= 11 is 0. The van der Waals surface area contributed by atoms with Gasteiger partial charge in [-0.15, -0.1) is 0 Å². The highest BCUT2D eigenvalue weighted by atomic mass is 16.5. The second kappa shape index (κ2) is 23.7. The van der Waals surface area contributed by atoms with Crippen LogP contribution in [0.2, 0.25) is 0 Å². The molecule has 0 spiro atoms. The molecule has 0 aliphatic carbocycles. The Bertz CT molecular complexity index is 4240. The van der Waals surface area contributed by atoms with Crippen molar-refractivity contribution in [1.82, 2.24) is 0 Å². The van der Waals surface area contributed by atoms with Gasteiger partial charge in [-0.2, -0.15) is 0 Å². The third-order valence-corrected chi connectivity index (χ3v) is 15.1. The number of benzene rings is 12. The molecule has 0 saturated heterocycles. The Hall–Kier alpha value is -11.5. The Morgan fingerprint density at radius 2 is 0.476 bits per heavy atom. The van der Waals surface area contributed by atoms with Crippen LogP contribution >= 0.6 is 0 Å². The summed E-state index contributed by atoms with van der Waals surface area (Å²) in [6.07, 6.45) is 16.2. The average Bonchev–Trinajstić information content (AvgIpc) is 0.966. The van der Waals surface area contributed by atoms with E-state index in [0.717, 1.165) is 121 Å². The third kappa shape index (κ3) is 11.5. The van der Waals surface area contributed by atoms with Crippen LogP contribution in [0.15, 0.2) is 231 Å². The zero-order valence-corrected chi connectivity index (χ0v) is 45.1. The first kappa shape index (κ1) is 53.2. The summed E-state index contributed by atoms with van der Waals surface area (Å²) in [5, 5.41) is 25.6. The molecule has 12 aromatic carbocycles. The molecule has 8 heteroatoms. The van der Waals surface area contributed by atoms with Gasteiger partial charge in [0.05, 0.1) is 11.1 Å². The number of hydrogen-bond donors (Lipinski definition) is 2. The summed E-state index contributed by atoms with van der Waals surface area (Å²) in [6, 6.07) is 76.4. The molecule has 0 fully saturated rings. The van der Waals surface area contributed by atoms with Gasteiger partial charge in [0, 0.05) is 0 Å². The summed E-state index contributed by atoms with van der Waals surface area (Å²) in [4.78, 5) is 44.7. The highest BCUT2D eigenvalue weighted by Gasteiger charge is 2.21. The van der Waals surface area contributed by atoms with Crippen molar-refractivity contribution in [3.05, 3.63) is 286 Å². The fraction of sp³-hybridized carbons (Fsp3) is 0. The van der Waals surface area contributed by atoms with Crippen molar-refractivity contribution in [3.8, 4) is 56.0 Å². The molecule has 12 rings (SSSR count). The van der Waals surface area contributed by atoms with Gasteiger partial charge in [0.2, 0.25) is 0 Å². The van der Waals surface area contributed by atoms with E-state index in [2.05, 4.69) is 146 Å². The summed E-state index contributed by atoms with van der Waals surface area (Å²) in [5.74, 6) is -0.952. The Morgan fingerprint density at radius 1 is 0.274 bits per heavy atom. The monoisotopic (exact) mass is 1090 g/mol. The lowest BCUT2D eigenvalue weighted by Gasteiger charge is -2.21. The molecule has 2 N–H and O–H groups in total. The molecule has 0 aromatic heterocycles. The van der Waals surface area contributed by atoms with E-state index in [4.69, 9.17) is 9.47 Å². The zero-order valence-electron chi connectivity index (χ0n) is 45.1. The Morgan fingerprint density at radius 3 is 0.679 bits per heavy atom. The van der Waals surface area contributed by atoms with Gasteiger partial charge in [-0.05, 0) is 182 Å². The number of carboxylic acid groups (broad SMARTS) is 2. The maximum atomic E-state index is 11.5. The number of carboxylic acids is 2. The van der Waals surface area contributed by atoms with Crippen LogP contribution < -0.4 is 9.47 Å². The van der Waals surface area contributed by atoms with Crippen molar-refractivity contribution in [2.45, 2.75) is 0 Å². The number of carbonyl (C=O) groups excluding carboxylic acids is 2. The summed E-state index contributed by atoms with van der Waals surface area (Å²) in [6.45, 7) is 0.843. The van der Waals surface area contributed by atoms with Gasteiger partial charge < -0.3 is 19.7 Å². The molecule has 402 valence electrons. The van der Waals surface area contributed by atoms with Gasteiger partial charge in [0.25, 0.3) is 12.9 Å². The Balaban J connectivity index is 0.995. The maximum absolute atomic E-state index is 11.5. The molecule has 12 aromatic rings. The summed E-state index contributed by atoms with van der Waals surface area (Å²) in [7, 11) is 0. The maximum Gasteiger partial charge on any atom is 0.335 e. The molecule has 8 nitrogen and oxygen atoms in total. The lowest BCUT2D eigenvalue weighted by Crippen LogP contribution is -1.94. The fourth-order valence-corrected chi connectivity index (χ4v) is 10.7. The summed E-state index contributed by atoms with van der Waals surface area (Å²) in [5.41, 5.74) is 16.8. The third-order valence-electron chi connectivity index (χ3n) is 15.1. The molecule has 0 aliphatic rings. The molecule has 0 unspecified atom stereocenters. The minimum absolute atomic E-state index is 0.242. The second-order valence-corrected chi connectivity index (χ2v) is 20.3. The standard InChI is InChI=1S/C76H50O8/c77-47-83-63-37-21-55(22-38-63)7-5-51-13-29-59(30-14-51)71-45-69(57-25-9-49(10-26-57)1-3-53-17-33-61(34-18-53)75(79)80)65-41-42-66-70(58-27-11-50(12-28-58)2-4-54-19-35-62(36-20-54)76(81)82)46-72(68-44-43-67(71)73(65)74(66)68)60-31-15-52(16-32-60)6-8-56-23-39-64(40-24-56)84-48-78/h1-48H,(H,79,80)(H,81,82)/b3-1+,4-2+,7-5+,8-6+. The zero-order chi connectivity index (χ0) is 57.5.